The second-order valence-electron chi connectivity index (χ2n) is 3.58. The number of allylic oxidation sites excluding steroid dienone is 1. The fourth-order valence-corrected chi connectivity index (χ4v) is 2.22. The molecular weight excluding hydrogens is 154 g/mol. The van der Waals surface area contributed by atoms with Crippen molar-refractivity contribution in [2.24, 2.45) is 17.8 Å². The van der Waals surface area contributed by atoms with Gasteiger partial charge in [0, 0.05) is 18.4 Å². The first kappa shape index (κ1) is 7.80. The molecule has 3 unspecified atom stereocenters. The molecule has 2 rings (SSSR count). The van der Waals surface area contributed by atoms with Crippen LogP contribution >= 0.6 is 0 Å². The Morgan fingerprint density at radius 2 is 2.33 bits per heavy atom. The third-order valence-electron chi connectivity index (χ3n) is 2.90. The monoisotopic (exact) mass is 166 g/mol. The molecule has 0 bridgehead atoms. The maximum Gasteiger partial charge on any atom is 0.0451 e. The van der Waals surface area contributed by atoms with E-state index in [0.29, 0.717) is 12.3 Å². The summed E-state index contributed by atoms with van der Waals surface area (Å²) in [6, 6.07) is 0. The van der Waals surface area contributed by atoms with E-state index in [0.717, 1.165) is 13.1 Å². The molecule has 0 aromatic rings. The lowest BCUT2D eigenvalue weighted by Crippen LogP contribution is -2.39. The number of rotatable bonds is 1. The Morgan fingerprint density at radius 3 is 3.08 bits per heavy atom. The maximum absolute atomic E-state index is 10.7. The number of hydrogen-bond donors (Lipinski definition) is 1. The quantitative estimate of drug-likeness (QED) is 0.516. The van der Waals surface area contributed by atoms with Crippen LogP contribution in [-0.4, -0.2) is 19.1 Å². The van der Waals surface area contributed by atoms with Crippen molar-refractivity contribution >= 4 is 5.97 Å². The van der Waals surface area contributed by atoms with E-state index in [4.69, 9.17) is 0 Å². The van der Waals surface area contributed by atoms with Crippen LogP contribution in [0.5, 0.6) is 0 Å². The predicted octanol–water partition coefficient (Wildman–Crippen LogP) is -0.852. The first-order valence-electron chi connectivity index (χ1n) is 4.37. The normalized spacial score (nSPS) is 39.5. The van der Waals surface area contributed by atoms with Gasteiger partial charge in [-0.15, -0.1) is 0 Å². The third-order valence-corrected chi connectivity index (χ3v) is 2.90. The van der Waals surface area contributed by atoms with Gasteiger partial charge in [0.1, 0.15) is 0 Å². The smallest absolute Gasteiger partial charge is 0.0451 e. The molecular formula is C9H12NO2-. The van der Waals surface area contributed by atoms with Crippen LogP contribution in [0.3, 0.4) is 0 Å². The fraction of sp³-hybridized carbons (Fsp3) is 0.667. The Labute approximate surface area is 71.5 Å². The first-order chi connectivity index (χ1) is 5.79. The van der Waals surface area contributed by atoms with Gasteiger partial charge in [-0.3, -0.25) is 0 Å². The van der Waals surface area contributed by atoms with Crippen LogP contribution < -0.4 is 10.4 Å². The molecule has 3 atom stereocenters. The second-order valence-corrected chi connectivity index (χ2v) is 3.58. The van der Waals surface area contributed by atoms with Gasteiger partial charge in [-0.1, -0.05) is 12.2 Å². The van der Waals surface area contributed by atoms with Crippen molar-refractivity contribution in [3.63, 3.8) is 0 Å². The molecule has 3 heteroatoms. The minimum atomic E-state index is -0.891. The van der Waals surface area contributed by atoms with Crippen molar-refractivity contribution in [3.05, 3.63) is 12.2 Å². The number of carboxylic acid groups (broad SMARTS) is 1. The van der Waals surface area contributed by atoms with Crippen molar-refractivity contribution in [1.82, 2.24) is 5.32 Å². The number of carbonyl (C=O) groups excluding carboxylic acids is 1. The van der Waals surface area contributed by atoms with E-state index in [1.165, 1.54) is 0 Å². The molecule has 0 radical (unpaired) electrons. The van der Waals surface area contributed by atoms with Crippen LogP contribution in [0, 0.1) is 17.8 Å². The summed E-state index contributed by atoms with van der Waals surface area (Å²) in [5.74, 6) is -0.477. The summed E-state index contributed by atoms with van der Waals surface area (Å²) >= 11 is 0. The highest BCUT2D eigenvalue weighted by atomic mass is 16.4. The molecule has 12 heavy (non-hydrogen) atoms. The molecule has 1 heterocycles. The molecule has 0 aromatic heterocycles. The minimum absolute atomic E-state index is 0.264. The average Bonchev–Trinajstić information content (AvgIpc) is 2.49. The Kier molecular flexibility index (Phi) is 1.89. The zero-order valence-corrected chi connectivity index (χ0v) is 6.82. The number of fused-ring (bicyclic) bond motifs is 1. The Balaban J connectivity index is 2.16. The molecule has 66 valence electrons. The third kappa shape index (κ3) is 1.14. The van der Waals surface area contributed by atoms with Gasteiger partial charge in [-0.05, 0) is 24.8 Å². The Morgan fingerprint density at radius 1 is 1.50 bits per heavy atom. The van der Waals surface area contributed by atoms with Crippen LogP contribution in [0.2, 0.25) is 0 Å². The summed E-state index contributed by atoms with van der Waals surface area (Å²) in [5, 5.41) is 13.9. The van der Waals surface area contributed by atoms with Crippen LogP contribution in [-0.2, 0) is 4.79 Å². The molecule has 1 fully saturated rings. The van der Waals surface area contributed by atoms with Gasteiger partial charge in [0.05, 0.1) is 0 Å². The zero-order valence-electron chi connectivity index (χ0n) is 6.82. The van der Waals surface area contributed by atoms with Gasteiger partial charge < -0.3 is 15.2 Å². The first-order valence-corrected chi connectivity index (χ1v) is 4.37. The van der Waals surface area contributed by atoms with Crippen LogP contribution in [0.1, 0.15) is 6.42 Å². The molecule has 0 aromatic carbocycles. The minimum Gasteiger partial charge on any atom is -0.550 e. The average molecular weight is 166 g/mol. The predicted molar refractivity (Wildman–Crippen MR) is 42.1 cm³/mol. The van der Waals surface area contributed by atoms with Crippen molar-refractivity contribution in [2.45, 2.75) is 6.42 Å². The van der Waals surface area contributed by atoms with Gasteiger partial charge in [-0.25, -0.2) is 0 Å². The number of nitrogens with one attached hydrogen (secondary N) is 1. The molecule has 0 saturated carbocycles. The Hall–Kier alpha value is -0.830. The molecule has 3 nitrogen and oxygen atoms in total. The van der Waals surface area contributed by atoms with E-state index in [2.05, 4.69) is 11.4 Å². The van der Waals surface area contributed by atoms with E-state index < -0.39 is 5.97 Å². The SMILES string of the molecule is O=C([O-])C1CC=CC2CNCC21. The van der Waals surface area contributed by atoms with Crippen molar-refractivity contribution in [1.29, 1.82) is 0 Å². The largest absolute Gasteiger partial charge is 0.550 e. The summed E-state index contributed by atoms with van der Waals surface area (Å²) < 4.78 is 0. The van der Waals surface area contributed by atoms with Crippen LogP contribution in [0.15, 0.2) is 12.2 Å². The van der Waals surface area contributed by atoms with Crippen molar-refractivity contribution in [3.8, 4) is 0 Å². The summed E-state index contributed by atoms with van der Waals surface area (Å²) in [4.78, 5) is 10.7. The number of carboxylic acids is 1. The highest BCUT2D eigenvalue weighted by Gasteiger charge is 2.34. The van der Waals surface area contributed by atoms with Crippen LogP contribution in [0.4, 0.5) is 0 Å². The lowest BCUT2D eigenvalue weighted by atomic mass is 9.78. The number of hydrogen-bond acceptors (Lipinski definition) is 3. The topological polar surface area (TPSA) is 52.2 Å². The fourth-order valence-electron chi connectivity index (χ4n) is 2.22. The lowest BCUT2D eigenvalue weighted by Gasteiger charge is -2.29. The zero-order chi connectivity index (χ0) is 8.55. The maximum atomic E-state index is 10.7. The Bertz CT molecular complexity index is 225. The van der Waals surface area contributed by atoms with Gasteiger partial charge in [0.15, 0.2) is 0 Å². The second kappa shape index (κ2) is 2.90. The molecule has 1 aliphatic heterocycles. The molecule has 1 aliphatic carbocycles. The number of carbonyl (C=O) groups is 1. The molecule has 0 spiro atoms. The summed E-state index contributed by atoms with van der Waals surface area (Å²) in [6.45, 7) is 1.75. The van der Waals surface area contributed by atoms with Crippen LogP contribution in [0.25, 0.3) is 0 Å². The molecule has 2 aliphatic rings. The van der Waals surface area contributed by atoms with E-state index in [-0.39, 0.29) is 11.8 Å². The van der Waals surface area contributed by atoms with Gasteiger partial charge >= 0.3 is 0 Å². The lowest BCUT2D eigenvalue weighted by molar-refractivity contribution is -0.313. The highest BCUT2D eigenvalue weighted by molar-refractivity contribution is 5.68. The van der Waals surface area contributed by atoms with Crippen molar-refractivity contribution < 1.29 is 9.90 Å². The van der Waals surface area contributed by atoms with E-state index in [9.17, 15) is 9.90 Å². The summed E-state index contributed by atoms with van der Waals surface area (Å²) in [7, 11) is 0. The summed E-state index contributed by atoms with van der Waals surface area (Å²) in [5.41, 5.74) is 0. The molecule has 1 N–H and O–H groups in total. The van der Waals surface area contributed by atoms with E-state index in [1.807, 2.05) is 6.08 Å². The molecule has 0 amide bonds. The van der Waals surface area contributed by atoms with Gasteiger partial charge in [0.25, 0.3) is 0 Å². The highest BCUT2D eigenvalue weighted by Crippen LogP contribution is 2.32. The molecule has 1 saturated heterocycles. The van der Waals surface area contributed by atoms with Gasteiger partial charge in [-0.2, -0.15) is 0 Å². The summed E-state index contributed by atoms with van der Waals surface area (Å²) in [6.07, 6.45) is 4.74. The van der Waals surface area contributed by atoms with E-state index >= 15 is 0 Å². The van der Waals surface area contributed by atoms with E-state index in [1.54, 1.807) is 0 Å². The standard InChI is InChI=1S/C9H13NO2/c11-9(12)7-3-1-2-6-4-10-5-8(6)7/h1-2,6-8,10H,3-5H2,(H,11,12)/p-1. The number of aliphatic carboxylic acids is 1. The van der Waals surface area contributed by atoms with Gasteiger partial charge in [0.2, 0.25) is 0 Å². The van der Waals surface area contributed by atoms with Crippen molar-refractivity contribution in [2.75, 3.05) is 13.1 Å².